The number of carbonyl (C=O) groups excluding carboxylic acids is 1. The Morgan fingerprint density at radius 2 is 1.82 bits per heavy atom. The van der Waals surface area contributed by atoms with E-state index in [0.717, 1.165) is 61.1 Å². The van der Waals surface area contributed by atoms with Gasteiger partial charge in [-0.15, -0.1) is 24.0 Å². The molecular weight excluding hydrogens is 531 g/mol. The first-order valence-electron chi connectivity index (χ1n) is 11.3. The SMILES string of the molecule is CCCC(=O)Nc1cccc(CN=C(NCCCOCC)NCc2ccc(OC)cc2)c1.I. The van der Waals surface area contributed by atoms with Gasteiger partial charge in [0.2, 0.25) is 5.91 Å². The lowest BCUT2D eigenvalue weighted by molar-refractivity contribution is -0.116. The van der Waals surface area contributed by atoms with Crippen molar-refractivity contribution in [2.75, 3.05) is 32.2 Å². The van der Waals surface area contributed by atoms with Gasteiger partial charge in [0.25, 0.3) is 0 Å². The van der Waals surface area contributed by atoms with Gasteiger partial charge in [-0.3, -0.25) is 4.79 Å². The summed E-state index contributed by atoms with van der Waals surface area (Å²) in [6, 6.07) is 15.8. The summed E-state index contributed by atoms with van der Waals surface area (Å²) >= 11 is 0. The van der Waals surface area contributed by atoms with Gasteiger partial charge in [-0.05, 0) is 55.2 Å². The topological polar surface area (TPSA) is 84.0 Å². The minimum absolute atomic E-state index is 0. The molecule has 2 rings (SSSR count). The van der Waals surface area contributed by atoms with Crippen LogP contribution in [0.2, 0.25) is 0 Å². The van der Waals surface area contributed by atoms with Crippen molar-refractivity contribution in [3.8, 4) is 5.75 Å². The Balaban J connectivity index is 0.00000544. The van der Waals surface area contributed by atoms with Crippen molar-refractivity contribution in [2.45, 2.75) is 46.2 Å². The van der Waals surface area contributed by atoms with Crippen LogP contribution in [-0.4, -0.2) is 38.7 Å². The van der Waals surface area contributed by atoms with Crippen molar-refractivity contribution in [1.82, 2.24) is 10.6 Å². The molecule has 0 saturated heterocycles. The molecule has 7 nitrogen and oxygen atoms in total. The summed E-state index contributed by atoms with van der Waals surface area (Å²) in [7, 11) is 1.66. The monoisotopic (exact) mass is 568 g/mol. The van der Waals surface area contributed by atoms with E-state index < -0.39 is 0 Å². The molecule has 0 aliphatic carbocycles. The predicted molar refractivity (Wildman–Crippen MR) is 145 cm³/mol. The van der Waals surface area contributed by atoms with Crippen LogP contribution in [0.15, 0.2) is 53.5 Å². The molecule has 0 bridgehead atoms. The molecule has 182 valence electrons. The van der Waals surface area contributed by atoms with E-state index in [4.69, 9.17) is 14.5 Å². The van der Waals surface area contributed by atoms with Crippen LogP contribution in [0.3, 0.4) is 0 Å². The highest BCUT2D eigenvalue weighted by atomic mass is 127. The second-order valence-corrected chi connectivity index (χ2v) is 7.34. The van der Waals surface area contributed by atoms with Crippen molar-refractivity contribution >= 4 is 41.5 Å². The molecule has 0 spiro atoms. The molecule has 0 aliphatic heterocycles. The third kappa shape index (κ3) is 11.9. The molecule has 0 radical (unpaired) electrons. The smallest absolute Gasteiger partial charge is 0.224 e. The van der Waals surface area contributed by atoms with E-state index in [0.29, 0.717) is 19.5 Å². The van der Waals surface area contributed by atoms with Gasteiger partial charge in [0.05, 0.1) is 13.7 Å². The van der Waals surface area contributed by atoms with Crippen molar-refractivity contribution in [3.05, 3.63) is 59.7 Å². The zero-order chi connectivity index (χ0) is 23.0. The van der Waals surface area contributed by atoms with Crippen molar-refractivity contribution in [1.29, 1.82) is 0 Å². The second kappa shape index (κ2) is 17.2. The van der Waals surface area contributed by atoms with Gasteiger partial charge in [-0.25, -0.2) is 4.99 Å². The van der Waals surface area contributed by atoms with Crippen LogP contribution in [-0.2, 0) is 22.6 Å². The summed E-state index contributed by atoms with van der Waals surface area (Å²) in [5.41, 5.74) is 2.96. The average Bonchev–Trinajstić information content (AvgIpc) is 2.81. The van der Waals surface area contributed by atoms with Gasteiger partial charge in [0, 0.05) is 38.4 Å². The number of hydrogen-bond acceptors (Lipinski definition) is 4. The maximum Gasteiger partial charge on any atom is 0.224 e. The molecule has 8 heteroatoms. The number of carbonyl (C=O) groups is 1. The van der Waals surface area contributed by atoms with Gasteiger partial charge in [0.15, 0.2) is 5.96 Å². The average molecular weight is 569 g/mol. The third-order valence-corrected chi connectivity index (χ3v) is 4.69. The number of hydrogen-bond donors (Lipinski definition) is 3. The molecule has 3 N–H and O–H groups in total. The summed E-state index contributed by atoms with van der Waals surface area (Å²) < 4.78 is 10.6. The van der Waals surface area contributed by atoms with Gasteiger partial charge < -0.3 is 25.4 Å². The quantitative estimate of drug-likeness (QED) is 0.141. The normalized spacial score (nSPS) is 10.8. The molecular formula is C25H37IN4O3. The Hall–Kier alpha value is -2.33. The van der Waals surface area contributed by atoms with E-state index in [1.54, 1.807) is 7.11 Å². The fourth-order valence-electron chi connectivity index (χ4n) is 3.00. The number of guanidine groups is 1. The number of amides is 1. The first kappa shape index (κ1) is 28.7. The largest absolute Gasteiger partial charge is 0.497 e. The fraction of sp³-hybridized carbons (Fsp3) is 0.440. The highest BCUT2D eigenvalue weighted by Gasteiger charge is 2.03. The van der Waals surface area contributed by atoms with Crippen LogP contribution in [0.5, 0.6) is 5.75 Å². The van der Waals surface area contributed by atoms with Crippen LogP contribution in [0.25, 0.3) is 0 Å². The number of ether oxygens (including phenoxy) is 2. The third-order valence-electron chi connectivity index (χ3n) is 4.69. The molecule has 0 aromatic heterocycles. The minimum atomic E-state index is 0. The Bertz CT molecular complexity index is 844. The zero-order valence-electron chi connectivity index (χ0n) is 19.9. The van der Waals surface area contributed by atoms with Crippen LogP contribution in [0, 0.1) is 0 Å². The molecule has 2 aromatic rings. The lowest BCUT2D eigenvalue weighted by Crippen LogP contribution is -2.37. The fourth-order valence-corrected chi connectivity index (χ4v) is 3.00. The van der Waals surface area contributed by atoms with Crippen molar-refractivity contribution < 1.29 is 14.3 Å². The molecule has 0 aliphatic rings. The van der Waals surface area contributed by atoms with E-state index in [1.165, 1.54) is 0 Å². The van der Waals surface area contributed by atoms with Gasteiger partial charge >= 0.3 is 0 Å². The Kier molecular flexibility index (Phi) is 14.9. The molecule has 0 saturated carbocycles. The molecule has 0 atom stereocenters. The van der Waals surface area contributed by atoms with Crippen LogP contribution < -0.4 is 20.7 Å². The Morgan fingerprint density at radius 1 is 1.03 bits per heavy atom. The standard InChI is InChI=1S/C25H36N4O3.HI/c1-4-8-24(30)29-22-10-6-9-21(17-22)19-28-25(26-15-7-16-32-5-2)27-18-20-11-13-23(31-3)14-12-20;/h6,9-14,17H,4-5,7-8,15-16,18-19H2,1-3H3,(H,29,30)(H2,26,27,28);1H. The van der Waals surface area contributed by atoms with Gasteiger partial charge in [-0.1, -0.05) is 31.2 Å². The molecule has 1 amide bonds. The number of nitrogens with one attached hydrogen (secondary N) is 3. The van der Waals surface area contributed by atoms with E-state index in [2.05, 4.69) is 16.0 Å². The molecule has 2 aromatic carbocycles. The molecule has 0 fully saturated rings. The highest BCUT2D eigenvalue weighted by molar-refractivity contribution is 14.0. The van der Waals surface area contributed by atoms with E-state index in [-0.39, 0.29) is 29.9 Å². The van der Waals surface area contributed by atoms with Gasteiger partial charge in [-0.2, -0.15) is 0 Å². The van der Waals surface area contributed by atoms with E-state index >= 15 is 0 Å². The maximum atomic E-state index is 11.9. The summed E-state index contributed by atoms with van der Waals surface area (Å²) in [5, 5.41) is 9.69. The molecule has 33 heavy (non-hydrogen) atoms. The van der Waals surface area contributed by atoms with E-state index in [1.807, 2.05) is 62.4 Å². The van der Waals surface area contributed by atoms with Crippen molar-refractivity contribution in [2.24, 2.45) is 4.99 Å². The Morgan fingerprint density at radius 3 is 2.52 bits per heavy atom. The first-order chi connectivity index (χ1) is 15.6. The predicted octanol–water partition coefficient (Wildman–Crippen LogP) is 4.71. The van der Waals surface area contributed by atoms with Crippen LogP contribution >= 0.6 is 24.0 Å². The maximum absolute atomic E-state index is 11.9. The zero-order valence-corrected chi connectivity index (χ0v) is 22.2. The molecule has 0 heterocycles. The number of anilines is 1. The van der Waals surface area contributed by atoms with Crippen molar-refractivity contribution in [3.63, 3.8) is 0 Å². The summed E-state index contributed by atoms with van der Waals surface area (Å²) in [5.74, 6) is 1.60. The summed E-state index contributed by atoms with van der Waals surface area (Å²) in [4.78, 5) is 16.6. The highest BCUT2D eigenvalue weighted by Crippen LogP contribution is 2.13. The first-order valence-corrected chi connectivity index (χ1v) is 11.3. The molecule has 0 unspecified atom stereocenters. The Labute approximate surface area is 214 Å². The number of methoxy groups -OCH3 is 1. The lowest BCUT2D eigenvalue weighted by Gasteiger charge is -2.13. The lowest BCUT2D eigenvalue weighted by atomic mass is 10.2. The second-order valence-electron chi connectivity index (χ2n) is 7.34. The summed E-state index contributed by atoms with van der Waals surface area (Å²) in [6.45, 7) is 7.34. The number of halogens is 1. The van der Waals surface area contributed by atoms with Crippen LogP contribution in [0.1, 0.15) is 44.2 Å². The number of benzene rings is 2. The van der Waals surface area contributed by atoms with Gasteiger partial charge in [0.1, 0.15) is 5.75 Å². The van der Waals surface area contributed by atoms with Crippen LogP contribution in [0.4, 0.5) is 5.69 Å². The summed E-state index contributed by atoms with van der Waals surface area (Å²) in [6.07, 6.45) is 2.25. The number of nitrogens with zero attached hydrogens (tertiary/aromatic N) is 1. The number of aliphatic imine (C=N–C) groups is 1. The van der Waals surface area contributed by atoms with E-state index in [9.17, 15) is 4.79 Å². The number of rotatable bonds is 13. The minimum Gasteiger partial charge on any atom is -0.497 e.